The molecule has 0 bridgehead atoms. The van der Waals surface area contributed by atoms with Gasteiger partial charge in [-0.2, -0.15) is 10.5 Å². The SMILES string of the molecule is N#Cc1nc(-c2c[nH]c3c(C#N)cccc23)ccc1F. The first-order valence-corrected chi connectivity index (χ1v) is 5.82. The third-order valence-electron chi connectivity index (χ3n) is 3.06. The first-order chi connectivity index (χ1) is 9.74. The van der Waals surface area contributed by atoms with Gasteiger partial charge < -0.3 is 4.98 Å². The lowest BCUT2D eigenvalue weighted by atomic mass is 10.1. The van der Waals surface area contributed by atoms with Crippen LogP contribution in [0.25, 0.3) is 22.2 Å². The molecule has 2 heterocycles. The second-order valence-corrected chi connectivity index (χ2v) is 4.18. The summed E-state index contributed by atoms with van der Waals surface area (Å²) in [6.45, 7) is 0. The van der Waals surface area contributed by atoms with Crippen molar-refractivity contribution in [2.75, 3.05) is 0 Å². The molecule has 0 saturated carbocycles. The highest BCUT2D eigenvalue weighted by Crippen LogP contribution is 2.29. The van der Waals surface area contributed by atoms with Crippen molar-refractivity contribution in [1.82, 2.24) is 9.97 Å². The molecule has 0 unspecified atom stereocenters. The minimum Gasteiger partial charge on any atom is -0.359 e. The number of hydrogen-bond donors (Lipinski definition) is 1. The van der Waals surface area contributed by atoms with E-state index in [0.717, 1.165) is 10.9 Å². The number of hydrogen-bond acceptors (Lipinski definition) is 3. The highest BCUT2D eigenvalue weighted by Gasteiger charge is 2.12. The van der Waals surface area contributed by atoms with Crippen LogP contribution in [0.2, 0.25) is 0 Å². The molecule has 4 nitrogen and oxygen atoms in total. The number of para-hydroxylation sites is 1. The Morgan fingerprint density at radius 2 is 1.95 bits per heavy atom. The number of nitriles is 2. The van der Waals surface area contributed by atoms with Crippen LogP contribution in [0.1, 0.15) is 11.3 Å². The first-order valence-electron chi connectivity index (χ1n) is 5.82. The largest absolute Gasteiger partial charge is 0.359 e. The Kier molecular flexibility index (Phi) is 2.67. The fourth-order valence-electron chi connectivity index (χ4n) is 2.13. The quantitative estimate of drug-likeness (QED) is 0.732. The summed E-state index contributed by atoms with van der Waals surface area (Å²) >= 11 is 0. The molecule has 3 rings (SSSR count). The van der Waals surface area contributed by atoms with Crippen LogP contribution < -0.4 is 0 Å². The van der Waals surface area contributed by atoms with E-state index in [1.54, 1.807) is 24.4 Å². The van der Waals surface area contributed by atoms with Gasteiger partial charge in [-0.25, -0.2) is 9.37 Å². The smallest absolute Gasteiger partial charge is 0.176 e. The number of H-pyrrole nitrogens is 1. The first kappa shape index (κ1) is 11.9. The molecule has 0 spiro atoms. The Morgan fingerprint density at radius 1 is 1.10 bits per heavy atom. The number of nitrogens with one attached hydrogen (secondary N) is 1. The van der Waals surface area contributed by atoms with Crippen LogP contribution in [0.3, 0.4) is 0 Å². The fourth-order valence-corrected chi connectivity index (χ4v) is 2.13. The van der Waals surface area contributed by atoms with Crippen LogP contribution in [0, 0.1) is 28.5 Å². The number of nitrogens with zero attached hydrogens (tertiary/aromatic N) is 3. The van der Waals surface area contributed by atoms with Gasteiger partial charge in [-0.3, -0.25) is 0 Å². The third kappa shape index (κ3) is 1.70. The summed E-state index contributed by atoms with van der Waals surface area (Å²) in [6, 6.07) is 11.9. The van der Waals surface area contributed by atoms with Crippen molar-refractivity contribution in [3.8, 4) is 23.4 Å². The molecule has 0 radical (unpaired) electrons. The third-order valence-corrected chi connectivity index (χ3v) is 3.06. The number of pyridine rings is 1. The van der Waals surface area contributed by atoms with Crippen molar-refractivity contribution in [1.29, 1.82) is 10.5 Å². The van der Waals surface area contributed by atoms with Crippen LogP contribution in [-0.2, 0) is 0 Å². The van der Waals surface area contributed by atoms with E-state index in [0.29, 0.717) is 16.8 Å². The standard InChI is InChI=1S/C15H7FN4/c16-12-4-5-13(20-14(12)7-18)11-8-19-15-9(6-17)2-1-3-10(11)15/h1-5,8,19H. The van der Waals surface area contributed by atoms with Gasteiger partial charge in [0.2, 0.25) is 0 Å². The van der Waals surface area contributed by atoms with E-state index in [-0.39, 0.29) is 5.69 Å². The van der Waals surface area contributed by atoms with Crippen LogP contribution in [0.5, 0.6) is 0 Å². The van der Waals surface area contributed by atoms with Gasteiger partial charge in [-0.15, -0.1) is 0 Å². The van der Waals surface area contributed by atoms with Crippen LogP contribution in [0.4, 0.5) is 4.39 Å². The van der Waals surface area contributed by atoms with Gasteiger partial charge in [0.15, 0.2) is 11.5 Å². The van der Waals surface area contributed by atoms with Crippen molar-refractivity contribution < 1.29 is 4.39 Å². The molecule has 0 aliphatic carbocycles. The van der Waals surface area contributed by atoms with Crippen molar-refractivity contribution in [2.45, 2.75) is 0 Å². The highest BCUT2D eigenvalue weighted by molar-refractivity contribution is 5.97. The Labute approximate surface area is 113 Å². The lowest BCUT2D eigenvalue weighted by Crippen LogP contribution is -1.91. The fraction of sp³-hybridized carbons (Fsp3) is 0. The summed E-state index contributed by atoms with van der Waals surface area (Å²) in [6.07, 6.45) is 1.70. The van der Waals surface area contributed by atoms with E-state index in [9.17, 15) is 4.39 Å². The molecule has 1 N–H and O–H groups in total. The molecule has 1 aromatic carbocycles. The van der Waals surface area contributed by atoms with Gasteiger partial charge in [0.1, 0.15) is 12.1 Å². The van der Waals surface area contributed by atoms with Gasteiger partial charge >= 0.3 is 0 Å². The monoisotopic (exact) mass is 262 g/mol. The Hall–Kier alpha value is -3.18. The average molecular weight is 262 g/mol. The molecule has 5 heteroatoms. The molecule has 0 aliphatic rings. The van der Waals surface area contributed by atoms with E-state index in [1.807, 2.05) is 6.07 Å². The normalized spacial score (nSPS) is 10.2. The zero-order valence-electron chi connectivity index (χ0n) is 10.2. The number of fused-ring (bicyclic) bond motifs is 1. The molecule has 0 atom stereocenters. The average Bonchev–Trinajstić information content (AvgIpc) is 2.91. The minimum absolute atomic E-state index is 0.242. The topological polar surface area (TPSA) is 76.3 Å². The van der Waals surface area contributed by atoms with Crippen molar-refractivity contribution in [3.05, 3.63) is 53.6 Å². The number of rotatable bonds is 1. The molecule has 94 valence electrons. The molecule has 0 saturated heterocycles. The van der Waals surface area contributed by atoms with Crippen LogP contribution in [0.15, 0.2) is 36.5 Å². The molecular weight excluding hydrogens is 255 g/mol. The molecular formula is C15H7FN4. The van der Waals surface area contributed by atoms with E-state index in [2.05, 4.69) is 16.0 Å². The Balaban J connectivity index is 2.27. The van der Waals surface area contributed by atoms with Gasteiger partial charge in [-0.05, 0) is 18.2 Å². The van der Waals surface area contributed by atoms with E-state index < -0.39 is 5.82 Å². The number of aromatic nitrogens is 2. The zero-order valence-corrected chi connectivity index (χ0v) is 10.2. The highest BCUT2D eigenvalue weighted by atomic mass is 19.1. The van der Waals surface area contributed by atoms with Crippen molar-refractivity contribution in [2.24, 2.45) is 0 Å². The number of benzene rings is 1. The van der Waals surface area contributed by atoms with Gasteiger partial charge in [0, 0.05) is 17.1 Å². The van der Waals surface area contributed by atoms with E-state index in [4.69, 9.17) is 10.5 Å². The summed E-state index contributed by atoms with van der Waals surface area (Å²) in [4.78, 5) is 7.02. The number of halogens is 1. The van der Waals surface area contributed by atoms with E-state index in [1.165, 1.54) is 12.1 Å². The van der Waals surface area contributed by atoms with Gasteiger partial charge in [-0.1, -0.05) is 12.1 Å². The zero-order chi connectivity index (χ0) is 14.1. The van der Waals surface area contributed by atoms with Gasteiger partial charge in [0.25, 0.3) is 0 Å². The minimum atomic E-state index is -0.645. The van der Waals surface area contributed by atoms with Crippen molar-refractivity contribution in [3.63, 3.8) is 0 Å². The summed E-state index contributed by atoms with van der Waals surface area (Å²) in [7, 11) is 0. The molecule has 2 aromatic heterocycles. The Morgan fingerprint density at radius 3 is 2.70 bits per heavy atom. The molecule has 20 heavy (non-hydrogen) atoms. The summed E-state index contributed by atoms with van der Waals surface area (Å²) in [5.74, 6) is -0.645. The maximum absolute atomic E-state index is 13.3. The van der Waals surface area contributed by atoms with E-state index >= 15 is 0 Å². The summed E-state index contributed by atoms with van der Waals surface area (Å²) < 4.78 is 13.3. The lowest BCUT2D eigenvalue weighted by Gasteiger charge is -2.00. The maximum Gasteiger partial charge on any atom is 0.176 e. The Bertz CT molecular complexity index is 896. The second kappa shape index (κ2) is 4.49. The second-order valence-electron chi connectivity index (χ2n) is 4.18. The van der Waals surface area contributed by atoms with Gasteiger partial charge in [0.05, 0.1) is 16.8 Å². The van der Waals surface area contributed by atoms with Crippen LogP contribution in [-0.4, -0.2) is 9.97 Å². The predicted molar refractivity (Wildman–Crippen MR) is 70.9 cm³/mol. The molecule has 0 aliphatic heterocycles. The number of aromatic amines is 1. The molecule has 3 aromatic rings. The molecule has 0 fully saturated rings. The summed E-state index contributed by atoms with van der Waals surface area (Å²) in [5, 5.41) is 18.7. The van der Waals surface area contributed by atoms with Crippen molar-refractivity contribution >= 4 is 10.9 Å². The lowest BCUT2D eigenvalue weighted by molar-refractivity contribution is 0.617. The predicted octanol–water partition coefficient (Wildman–Crippen LogP) is 3.11. The summed E-state index contributed by atoms with van der Waals surface area (Å²) in [5.41, 5.74) is 2.21. The molecule has 0 amide bonds. The maximum atomic E-state index is 13.3. The van der Waals surface area contributed by atoms with Crippen LogP contribution >= 0.6 is 0 Å².